The van der Waals surface area contributed by atoms with Gasteiger partial charge in [-0.2, -0.15) is 0 Å². The number of nitrogens with zero attached hydrogens (tertiary/aromatic N) is 2. The normalized spacial score (nSPS) is 12.3. The van der Waals surface area contributed by atoms with Gasteiger partial charge in [0.25, 0.3) is 0 Å². The molecule has 0 spiro atoms. The molecule has 5 heteroatoms. The number of aromatic amines is 1. The summed E-state index contributed by atoms with van der Waals surface area (Å²) in [6.45, 7) is 3.71. The third kappa shape index (κ3) is 2.74. The van der Waals surface area contributed by atoms with Gasteiger partial charge in [-0.05, 0) is 19.1 Å². The Bertz CT molecular complexity index is 549. The number of carboxylic acid groups (broad SMARTS) is 1. The summed E-state index contributed by atoms with van der Waals surface area (Å²) in [7, 11) is 0. The Morgan fingerprint density at radius 3 is 2.89 bits per heavy atom. The van der Waals surface area contributed by atoms with Crippen molar-refractivity contribution < 1.29 is 9.90 Å². The molecule has 0 aliphatic carbocycles. The van der Waals surface area contributed by atoms with Crippen LogP contribution in [0.1, 0.15) is 30.8 Å². The summed E-state index contributed by atoms with van der Waals surface area (Å²) in [4.78, 5) is 22.4. The Kier molecular flexibility index (Phi) is 3.41. The van der Waals surface area contributed by atoms with E-state index in [-0.39, 0.29) is 12.3 Å². The van der Waals surface area contributed by atoms with Gasteiger partial charge < -0.3 is 10.1 Å². The maximum atomic E-state index is 10.7. The van der Waals surface area contributed by atoms with E-state index in [4.69, 9.17) is 5.11 Å². The summed E-state index contributed by atoms with van der Waals surface area (Å²) in [5.41, 5.74) is 2.63. The van der Waals surface area contributed by atoms with Gasteiger partial charge in [-0.1, -0.05) is 6.92 Å². The largest absolute Gasteiger partial charge is 0.481 e. The fourth-order valence-corrected chi connectivity index (χ4v) is 1.80. The van der Waals surface area contributed by atoms with Crippen LogP contribution >= 0.6 is 0 Å². The molecule has 0 saturated carbocycles. The minimum absolute atomic E-state index is 0.0377. The first-order valence-corrected chi connectivity index (χ1v) is 5.77. The van der Waals surface area contributed by atoms with Crippen LogP contribution in [0.15, 0.2) is 24.5 Å². The van der Waals surface area contributed by atoms with Gasteiger partial charge in [-0.3, -0.25) is 4.79 Å². The van der Waals surface area contributed by atoms with Gasteiger partial charge >= 0.3 is 5.97 Å². The highest BCUT2D eigenvalue weighted by molar-refractivity contribution is 5.67. The highest BCUT2D eigenvalue weighted by Gasteiger charge is 2.15. The summed E-state index contributed by atoms with van der Waals surface area (Å²) < 4.78 is 0. The van der Waals surface area contributed by atoms with Crippen molar-refractivity contribution in [3.63, 3.8) is 0 Å². The van der Waals surface area contributed by atoms with Gasteiger partial charge in [0.05, 0.1) is 12.1 Å². The summed E-state index contributed by atoms with van der Waals surface area (Å²) in [6, 6.07) is 3.81. The summed E-state index contributed by atoms with van der Waals surface area (Å²) in [5.74, 6) is -0.454. The Labute approximate surface area is 105 Å². The second kappa shape index (κ2) is 5.00. The minimum atomic E-state index is -0.837. The van der Waals surface area contributed by atoms with Crippen molar-refractivity contribution in [1.82, 2.24) is 15.0 Å². The molecule has 0 aromatic carbocycles. The number of hydrogen-bond donors (Lipinski definition) is 2. The SMILES string of the molecule is Cc1cc(-c2cc[nH]c2)nc(C(C)CC(=O)O)n1. The Morgan fingerprint density at radius 1 is 1.50 bits per heavy atom. The number of aryl methyl sites for hydroxylation is 1. The first kappa shape index (κ1) is 12.3. The molecule has 1 atom stereocenters. The van der Waals surface area contributed by atoms with E-state index in [1.54, 1.807) is 0 Å². The number of H-pyrrole nitrogens is 1. The van der Waals surface area contributed by atoms with Gasteiger partial charge in [-0.25, -0.2) is 9.97 Å². The molecule has 18 heavy (non-hydrogen) atoms. The van der Waals surface area contributed by atoms with E-state index in [0.29, 0.717) is 5.82 Å². The van der Waals surface area contributed by atoms with Gasteiger partial charge in [-0.15, -0.1) is 0 Å². The lowest BCUT2D eigenvalue weighted by molar-refractivity contribution is -0.137. The van der Waals surface area contributed by atoms with Crippen molar-refractivity contribution in [2.75, 3.05) is 0 Å². The minimum Gasteiger partial charge on any atom is -0.481 e. The number of nitrogens with one attached hydrogen (secondary N) is 1. The lowest BCUT2D eigenvalue weighted by Crippen LogP contribution is -2.08. The maximum Gasteiger partial charge on any atom is 0.304 e. The van der Waals surface area contributed by atoms with Gasteiger partial charge in [0.2, 0.25) is 0 Å². The first-order valence-electron chi connectivity index (χ1n) is 5.77. The van der Waals surface area contributed by atoms with E-state index in [9.17, 15) is 4.79 Å². The first-order chi connectivity index (χ1) is 8.56. The molecule has 2 aromatic heterocycles. The quantitative estimate of drug-likeness (QED) is 0.866. The third-order valence-corrected chi connectivity index (χ3v) is 2.69. The molecule has 5 nitrogen and oxygen atoms in total. The topological polar surface area (TPSA) is 78.9 Å². The monoisotopic (exact) mass is 245 g/mol. The Morgan fingerprint density at radius 2 is 2.28 bits per heavy atom. The zero-order chi connectivity index (χ0) is 13.1. The van der Waals surface area contributed by atoms with Crippen molar-refractivity contribution in [2.45, 2.75) is 26.2 Å². The fourth-order valence-electron chi connectivity index (χ4n) is 1.80. The molecule has 2 N–H and O–H groups in total. The van der Waals surface area contributed by atoms with Crippen molar-refractivity contribution in [3.8, 4) is 11.3 Å². The molecule has 2 rings (SSSR count). The molecule has 1 unspecified atom stereocenters. The van der Waals surface area contributed by atoms with E-state index < -0.39 is 5.97 Å². The van der Waals surface area contributed by atoms with Crippen molar-refractivity contribution in [1.29, 1.82) is 0 Å². The van der Waals surface area contributed by atoms with Crippen LogP contribution in [0.4, 0.5) is 0 Å². The molecule has 0 aliphatic rings. The number of aromatic nitrogens is 3. The second-order valence-electron chi connectivity index (χ2n) is 4.35. The van der Waals surface area contributed by atoms with Crippen LogP contribution in [0.2, 0.25) is 0 Å². The summed E-state index contributed by atoms with van der Waals surface area (Å²) >= 11 is 0. The Balaban J connectivity index is 2.35. The standard InChI is InChI=1S/C13H15N3O2/c1-8(5-12(17)18)13-15-9(2)6-11(16-13)10-3-4-14-7-10/h3-4,6-8,14H,5H2,1-2H3,(H,17,18). The molecule has 2 aromatic rings. The smallest absolute Gasteiger partial charge is 0.304 e. The van der Waals surface area contributed by atoms with Crippen LogP contribution in [-0.2, 0) is 4.79 Å². The van der Waals surface area contributed by atoms with Crippen LogP contribution in [0.3, 0.4) is 0 Å². The van der Waals surface area contributed by atoms with Crippen LogP contribution in [0.5, 0.6) is 0 Å². The van der Waals surface area contributed by atoms with E-state index >= 15 is 0 Å². The Hall–Kier alpha value is -2.17. The lowest BCUT2D eigenvalue weighted by atomic mass is 10.1. The second-order valence-corrected chi connectivity index (χ2v) is 4.35. The third-order valence-electron chi connectivity index (χ3n) is 2.69. The zero-order valence-electron chi connectivity index (χ0n) is 10.3. The van der Waals surface area contributed by atoms with Crippen LogP contribution < -0.4 is 0 Å². The van der Waals surface area contributed by atoms with Crippen LogP contribution in [0, 0.1) is 6.92 Å². The summed E-state index contributed by atoms with van der Waals surface area (Å²) in [5, 5.41) is 8.81. The molecule has 0 bridgehead atoms. The van der Waals surface area contributed by atoms with Crippen molar-refractivity contribution >= 4 is 5.97 Å². The number of carboxylic acids is 1. The molecule has 0 fully saturated rings. The zero-order valence-corrected chi connectivity index (χ0v) is 10.3. The van der Waals surface area contributed by atoms with Crippen LogP contribution in [-0.4, -0.2) is 26.0 Å². The number of hydrogen-bond acceptors (Lipinski definition) is 3. The molecular formula is C13H15N3O2. The molecular weight excluding hydrogens is 230 g/mol. The lowest BCUT2D eigenvalue weighted by Gasteiger charge is -2.09. The van der Waals surface area contributed by atoms with E-state index in [0.717, 1.165) is 17.0 Å². The van der Waals surface area contributed by atoms with E-state index in [2.05, 4.69) is 15.0 Å². The summed E-state index contributed by atoms with van der Waals surface area (Å²) in [6.07, 6.45) is 3.72. The number of carbonyl (C=O) groups is 1. The van der Waals surface area contributed by atoms with Crippen LogP contribution in [0.25, 0.3) is 11.3 Å². The average molecular weight is 245 g/mol. The van der Waals surface area contributed by atoms with Gasteiger partial charge in [0.15, 0.2) is 0 Å². The van der Waals surface area contributed by atoms with Crippen molar-refractivity contribution in [3.05, 3.63) is 36.0 Å². The molecule has 0 aliphatic heterocycles. The molecule has 94 valence electrons. The number of aliphatic carboxylic acids is 1. The highest BCUT2D eigenvalue weighted by Crippen LogP contribution is 2.21. The average Bonchev–Trinajstić information content (AvgIpc) is 2.80. The predicted molar refractivity (Wildman–Crippen MR) is 67.2 cm³/mol. The molecule has 0 amide bonds. The van der Waals surface area contributed by atoms with E-state index in [1.807, 2.05) is 38.4 Å². The fraction of sp³-hybridized carbons (Fsp3) is 0.308. The van der Waals surface area contributed by atoms with E-state index in [1.165, 1.54) is 0 Å². The molecule has 0 radical (unpaired) electrons. The molecule has 0 saturated heterocycles. The maximum absolute atomic E-state index is 10.7. The van der Waals surface area contributed by atoms with Gasteiger partial charge in [0.1, 0.15) is 5.82 Å². The highest BCUT2D eigenvalue weighted by atomic mass is 16.4. The van der Waals surface area contributed by atoms with Crippen molar-refractivity contribution in [2.24, 2.45) is 0 Å². The van der Waals surface area contributed by atoms with Gasteiger partial charge in [0, 0.05) is 29.6 Å². The predicted octanol–water partition coefficient (Wildman–Crippen LogP) is 2.36. The number of rotatable bonds is 4. The molecule has 2 heterocycles.